The zero-order valence-electron chi connectivity index (χ0n) is 15.4. The van der Waals surface area contributed by atoms with Crippen molar-refractivity contribution in [2.45, 2.75) is 30.7 Å². The van der Waals surface area contributed by atoms with E-state index in [1.165, 1.54) is 16.4 Å². The van der Waals surface area contributed by atoms with Crippen LogP contribution in [0.25, 0.3) is 0 Å². The molecule has 0 aliphatic carbocycles. The standard InChI is InChI=1S/C20H22Cl2N2O3S/c1-14(15-2-4-17(21)5-3-15)23-20(25)16-10-12-24(13-11-16)28(26,27)19-8-6-18(22)7-9-19/h2-9,14,16H,10-13H2,1H3,(H,23,25)/t14-/m1/s1. The van der Waals surface area contributed by atoms with Crippen LogP contribution in [0.15, 0.2) is 53.4 Å². The first-order chi connectivity index (χ1) is 13.3. The Bertz CT molecular complexity index is 923. The summed E-state index contributed by atoms with van der Waals surface area (Å²) in [6, 6.07) is 13.3. The summed E-state index contributed by atoms with van der Waals surface area (Å²) < 4.78 is 26.9. The maximum atomic E-state index is 12.7. The average Bonchev–Trinajstić information content (AvgIpc) is 2.69. The van der Waals surface area contributed by atoms with E-state index in [0.717, 1.165) is 5.56 Å². The summed E-state index contributed by atoms with van der Waals surface area (Å²) in [5.41, 5.74) is 0.973. The van der Waals surface area contributed by atoms with Crippen LogP contribution in [0.5, 0.6) is 0 Å². The van der Waals surface area contributed by atoms with Gasteiger partial charge in [0.25, 0.3) is 0 Å². The molecule has 0 spiro atoms. The molecule has 8 heteroatoms. The number of rotatable bonds is 5. The fraction of sp³-hybridized carbons (Fsp3) is 0.350. The quantitative estimate of drug-likeness (QED) is 0.754. The molecule has 0 unspecified atom stereocenters. The number of carbonyl (C=O) groups is 1. The monoisotopic (exact) mass is 440 g/mol. The predicted molar refractivity (Wildman–Crippen MR) is 111 cm³/mol. The van der Waals surface area contributed by atoms with Crippen molar-refractivity contribution in [3.8, 4) is 0 Å². The Morgan fingerprint density at radius 2 is 1.50 bits per heavy atom. The van der Waals surface area contributed by atoms with E-state index < -0.39 is 10.0 Å². The Morgan fingerprint density at radius 3 is 2.04 bits per heavy atom. The molecule has 2 aromatic carbocycles. The van der Waals surface area contributed by atoms with Crippen molar-refractivity contribution in [3.63, 3.8) is 0 Å². The number of benzene rings is 2. The first-order valence-electron chi connectivity index (χ1n) is 9.09. The molecule has 150 valence electrons. The lowest BCUT2D eigenvalue weighted by atomic mass is 9.96. The second-order valence-electron chi connectivity index (χ2n) is 6.91. The third-order valence-electron chi connectivity index (χ3n) is 5.00. The van der Waals surface area contributed by atoms with Crippen molar-refractivity contribution in [1.29, 1.82) is 0 Å². The lowest BCUT2D eigenvalue weighted by Gasteiger charge is -2.31. The van der Waals surface area contributed by atoms with Gasteiger partial charge in [-0.25, -0.2) is 8.42 Å². The average molecular weight is 441 g/mol. The van der Waals surface area contributed by atoms with Gasteiger partial charge in [-0.1, -0.05) is 35.3 Å². The van der Waals surface area contributed by atoms with E-state index in [1.54, 1.807) is 24.3 Å². The van der Waals surface area contributed by atoms with Crippen LogP contribution in [0.3, 0.4) is 0 Å². The number of piperidine rings is 1. The van der Waals surface area contributed by atoms with E-state index >= 15 is 0 Å². The van der Waals surface area contributed by atoms with Crippen molar-refractivity contribution in [3.05, 3.63) is 64.1 Å². The second kappa shape index (κ2) is 8.82. The Labute approximate surface area is 175 Å². The Kier molecular flexibility index (Phi) is 6.65. The van der Waals surface area contributed by atoms with Crippen LogP contribution in [0, 0.1) is 5.92 Å². The van der Waals surface area contributed by atoms with Gasteiger partial charge in [0.2, 0.25) is 15.9 Å². The number of nitrogens with zero attached hydrogens (tertiary/aromatic N) is 1. The molecule has 1 fully saturated rings. The third kappa shape index (κ3) is 4.87. The molecule has 0 radical (unpaired) electrons. The van der Waals surface area contributed by atoms with Crippen LogP contribution in [0.4, 0.5) is 0 Å². The van der Waals surface area contributed by atoms with E-state index in [0.29, 0.717) is 36.0 Å². The minimum absolute atomic E-state index is 0.0500. The minimum atomic E-state index is -3.57. The second-order valence-corrected chi connectivity index (χ2v) is 9.72. The summed E-state index contributed by atoms with van der Waals surface area (Å²) in [6.07, 6.45) is 0.984. The molecule has 1 heterocycles. The number of nitrogens with one attached hydrogen (secondary N) is 1. The van der Waals surface area contributed by atoms with E-state index in [9.17, 15) is 13.2 Å². The summed E-state index contributed by atoms with van der Waals surface area (Å²) in [7, 11) is -3.57. The maximum Gasteiger partial charge on any atom is 0.243 e. The SMILES string of the molecule is C[C@@H](NC(=O)C1CCN(S(=O)(=O)c2ccc(Cl)cc2)CC1)c1ccc(Cl)cc1. The van der Waals surface area contributed by atoms with E-state index in [4.69, 9.17) is 23.2 Å². The molecule has 1 N–H and O–H groups in total. The number of carbonyl (C=O) groups excluding carboxylic acids is 1. The van der Waals surface area contributed by atoms with E-state index in [2.05, 4.69) is 5.32 Å². The molecule has 1 aliphatic heterocycles. The predicted octanol–water partition coefficient (Wildman–Crippen LogP) is 4.27. The number of hydrogen-bond acceptors (Lipinski definition) is 3. The molecule has 0 bridgehead atoms. The van der Waals surface area contributed by atoms with E-state index in [-0.39, 0.29) is 22.8 Å². The largest absolute Gasteiger partial charge is 0.349 e. The highest BCUT2D eigenvalue weighted by Gasteiger charge is 2.32. The normalized spacial score (nSPS) is 17.2. The maximum absolute atomic E-state index is 12.7. The van der Waals surface area contributed by atoms with Gasteiger partial charge in [0.05, 0.1) is 10.9 Å². The fourth-order valence-electron chi connectivity index (χ4n) is 3.28. The van der Waals surface area contributed by atoms with Crippen molar-refractivity contribution < 1.29 is 13.2 Å². The van der Waals surface area contributed by atoms with E-state index in [1.807, 2.05) is 19.1 Å². The summed E-state index contributed by atoms with van der Waals surface area (Å²) >= 11 is 11.7. The van der Waals surface area contributed by atoms with Crippen LogP contribution in [0.1, 0.15) is 31.4 Å². The summed E-state index contributed by atoms with van der Waals surface area (Å²) in [5.74, 6) is -0.252. The highest BCUT2D eigenvalue weighted by atomic mass is 35.5. The summed E-state index contributed by atoms with van der Waals surface area (Å²) in [4.78, 5) is 12.8. The van der Waals surface area contributed by atoms with Gasteiger partial charge in [-0.15, -0.1) is 0 Å². The van der Waals surface area contributed by atoms with Gasteiger partial charge in [0.1, 0.15) is 0 Å². The van der Waals surface area contributed by atoms with Crippen molar-refractivity contribution in [2.24, 2.45) is 5.92 Å². The zero-order chi connectivity index (χ0) is 20.3. The number of amides is 1. The van der Waals surface area contributed by atoms with Crippen LogP contribution < -0.4 is 5.32 Å². The molecule has 28 heavy (non-hydrogen) atoms. The van der Waals surface area contributed by atoms with Gasteiger partial charge in [-0.2, -0.15) is 4.31 Å². The van der Waals surface area contributed by atoms with Gasteiger partial charge < -0.3 is 5.32 Å². The highest BCUT2D eigenvalue weighted by molar-refractivity contribution is 7.89. The van der Waals surface area contributed by atoms with Crippen molar-refractivity contribution in [2.75, 3.05) is 13.1 Å². The summed E-state index contributed by atoms with van der Waals surface area (Å²) in [6.45, 7) is 2.55. The molecule has 1 amide bonds. The first kappa shape index (κ1) is 21.1. The zero-order valence-corrected chi connectivity index (χ0v) is 17.8. The molecule has 2 aromatic rings. The number of hydrogen-bond donors (Lipinski definition) is 1. The smallest absolute Gasteiger partial charge is 0.243 e. The number of halogens is 2. The van der Waals surface area contributed by atoms with Crippen LogP contribution in [-0.2, 0) is 14.8 Å². The third-order valence-corrected chi connectivity index (χ3v) is 7.42. The van der Waals surface area contributed by atoms with Crippen molar-refractivity contribution in [1.82, 2.24) is 9.62 Å². The van der Waals surface area contributed by atoms with Gasteiger partial charge >= 0.3 is 0 Å². The highest BCUT2D eigenvalue weighted by Crippen LogP contribution is 2.25. The van der Waals surface area contributed by atoms with Gasteiger partial charge in [0, 0.05) is 29.1 Å². The molecule has 0 aromatic heterocycles. The molecular weight excluding hydrogens is 419 g/mol. The molecule has 1 saturated heterocycles. The first-order valence-corrected chi connectivity index (χ1v) is 11.3. The van der Waals surface area contributed by atoms with Crippen LogP contribution >= 0.6 is 23.2 Å². The van der Waals surface area contributed by atoms with Crippen LogP contribution in [0.2, 0.25) is 10.0 Å². The number of sulfonamides is 1. The molecule has 1 atom stereocenters. The van der Waals surface area contributed by atoms with Crippen molar-refractivity contribution >= 4 is 39.1 Å². The lowest BCUT2D eigenvalue weighted by Crippen LogP contribution is -2.43. The van der Waals surface area contributed by atoms with Gasteiger partial charge in [-0.05, 0) is 61.7 Å². The van der Waals surface area contributed by atoms with Gasteiger partial charge in [0.15, 0.2) is 0 Å². The summed E-state index contributed by atoms with van der Waals surface area (Å²) in [5, 5.41) is 4.15. The fourth-order valence-corrected chi connectivity index (χ4v) is 5.00. The molecule has 3 rings (SSSR count). The molecular formula is C20H22Cl2N2O3S. The molecule has 1 aliphatic rings. The molecule has 0 saturated carbocycles. The Balaban J connectivity index is 1.57. The Hall–Kier alpha value is -1.60. The topological polar surface area (TPSA) is 66.5 Å². The van der Waals surface area contributed by atoms with Crippen LogP contribution in [-0.4, -0.2) is 31.7 Å². The molecule has 5 nitrogen and oxygen atoms in total. The Morgan fingerprint density at radius 1 is 1.00 bits per heavy atom. The minimum Gasteiger partial charge on any atom is -0.349 e. The lowest BCUT2D eigenvalue weighted by molar-refractivity contribution is -0.126. The van der Waals surface area contributed by atoms with Gasteiger partial charge in [-0.3, -0.25) is 4.79 Å².